The van der Waals surface area contributed by atoms with E-state index >= 15 is 0 Å². The highest BCUT2D eigenvalue weighted by atomic mass is 15.1. The average Bonchev–Trinajstić information content (AvgIpc) is 2.97. The molecule has 0 saturated heterocycles. The van der Waals surface area contributed by atoms with Crippen LogP contribution in [0.2, 0.25) is 0 Å². The molecule has 0 aliphatic rings. The highest BCUT2D eigenvalue weighted by Crippen LogP contribution is 2.23. The summed E-state index contributed by atoms with van der Waals surface area (Å²) in [7, 11) is 0. The van der Waals surface area contributed by atoms with Crippen LogP contribution in [0.1, 0.15) is 5.56 Å². The van der Waals surface area contributed by atoms with Crippen LogP contribution in [0.3, 0.4) is 0 Å². The third kappa shape index (κ3) is 2.01. The lowest BCUT2D eigenvalue weighted by molar-refractivity contribution is 1.21. The second-order valence-corrected chi connectivity index (χ2v) is 5.06. The zero-order chi connectivity index (χ0) is 14.2. The van der Waals surface area contributed by atoms with E-state index < -0.39 is 0 Å². The monoisotopic (exact) mass is 274 g/mol. The lowest BCUT2D eigenvalue weighted by atomic mass is 10.2. The molecular weight excluding hydrogens is 260 g/mol. The van der Waals surface area contributed by atoms with Crippen molar-refractivity contribution < 1.29 is 0 Å². The van der Waals surface area contributed by atoms with Crippen molar-refractivity contribution in [3.8, 4) is 0 Å². The maximum absolute atomic E-state index is 4.71. The van der Waals surface area contributed by atoms with Gasteiger partial charge in [-0.15, -0.1) is 0 Å². The first kappa shape index (κ1) is 11.9. The molecule has 2 aromatic heterocycles. The van der Waals surface area contributed by atoms with Gasteiger partial charge in [-0.25, -0.2) is 9.97 Å². The number of hydrogen-bond acceptors (Lipinski definition) is 3. The molecule has 0 fully saturated rings. The smallest absolute Gasteiger partial charge is 0.180 e. The molecule has 4 aromatic rings. The zero-order valence-corrected chi connectivity index (χ0v) is 11.6. The van der Waals surface area contributed by atoms with Crippen molar-refractivity contribution in [2.75, 3.05) is 5.32 Å². The van der Waals surface area contributed by atoms with Crippen molar-refractivity contribution in [3.63, 3.8) is 0 Å². The van der Waals surface area contributed by atoms with E-state index in [1.54, 1.807) is 6.20 Å². The molecule has 1 N–H and O–H groups in total. The lowest BCUT2D eigenvalue weighted by Crippen LogP contribution is -2.00. The third-order valence-corrected chi connectivity index (χ3v) is 3.51. The number of nitrogens with zero attached hydrogens (tertiary/aromatic N) is 3. The van der Waals surface area contributed by atoms with Crippen LogP contribution in [0.25, 0.3) is 16.7 Å². The van der Waals surface area contributed by atoms with E-state index in [2.05, 4.69) is 33.8 Å². The van der Waals surface area contributed by atoms with E-state index in [0.717, 1.165) is 28.2 Å². The predicted octanol–water partition coefficient (Wildman–Crippen LogP) is 3.93. The van der Waals surface area contributed by atoms with Crippen molar-refractivity contribution >= 4 is 28.2 Å². The fraction of sp³-hybridized carbons (Fsp3) is 0.0588. The Hall–Kier alpha value is -2.88. The molecule has 4 nitrogen and oxygen atoms in total. The Bertz CT molecular complexity index is 940. The molecule has 102 valence electrons. The summed E-state index contributed by atoms with van der Waals surface area (Å²) in [6.07, 6.45) is 3.76. The van der Waals surface area contributed by atoms with Crippen molar-refractivity contribution in [2.45, 2.75) is 6.92 Å². The summed E-state index contributed by atoms with van der Waals surface area (Å²) in [4.78, 5) is 9.13. The van der Waals surface area contributed by atoms with Crippen LogP contribution in [-0.4, -0.2) is 14.4 Å². The summed E-state index contributed by atoms with van der Waals surface area (Å²) < 4.78 is 2.06. The zero-order valence-electron chi connectivity index (χ0n) is 11.6. The Morgan fingerprint density at radius 2 is 1.95 bits per heavy atom. The van der Waals surface area contributed by atoms with Gasteiger partial charge in [0, 0.05) is 18.1 Å². The third-order valence-electron chi connectivity index (χ3n) is 3.51. The highest BCUT2D eigenvalue weighted by molar-refractivity contribution is 5.84. The average molecular weight is 274 g/mol. The van der Waals surface area contributed by atoms with Crippen LogP contribution >= 0.6 is 0 Å². The van der Waals surface area contributed by atoms with Crippen LogP contribution in [-0.2, 0) is 0 Å². The van der Waals surface area contributed by atoms with Gasteiger partial charge in [0.2, 0.25) is 0 Å². The molecule has 4 rings (SSSR count). The second-order valence-electron chi connectivity index (χ2n) is 5.06. The summed E-state index contributed by atoms with van der Waals surface area (Å²) in [5.41, 5.74) is 5.05. The number of hydrogen-bond donors (Lipinski definition) is 1. The van der Waals surface area contributed by atoms with Crippen molar-refractivity contribution in [1.29, 1.82) is 0 Å². The normalized spacial score (nSPS) is 11.1. The van der Waals surface area contributed by atoms with E-state index in [-0.39, 0.29) is 0 Å². The number of aromatic nitrogens is 3. The fourth-order valence-corrected chi connectivity index (χ4v) is 2.55. The minimum absolute atomic E-state index is 0.768. The molecule has 0 bridgehead atoms. The van der Waals surface area contributed by atoms with E-state index in [1.165, 1.54) is 5.56 Å². The molecule has 2 heterocycles. The number of anilines is 2. The van der Waals surface area contributed by atoms with Gasteiger partial charge in [0.25, 0.3) is 0 Å². The van der Waals surface area contributed by atoms with Crippen molar-refractivity contribution in [3.05, 3.63) is 66.5 Å². The summed E-state index contributed by atoms with van der Waals surface area (Å²) in [6, 6.07) is 16.3. The number of benzene rings is 2. The Morgan fingerprint density at radius 3 is 2.86 bits per heavy atom. The Labute approximate surface area is 122 Å². The van der Waals surface area contributed by atoms with Gasteiger partial charge in [0.15, 0.2) is 11.5 Å². The number of nitrogens with one attached hydrogen (secondary N) is 1. The molecule has 0 unspecified atom stereocenters. The van der Waals surface area contributed by atoms with E-state index in [9.17, 15) is 0 Å². The molecule has 0 aliphatic carbocycles. The number of rotatable bonds is 2. The SMILES string of the molecule is Cc1cccc(Nc2nc3ccccc3n3ccnc23)c1. The summed E-state index contributed by atoms with van der Waals surface area (Å²) in [5, 5.41) is 3.37. The van der Waals surface area contributed by atoms with Gasteiger partial charge in [-0.05, 0) is 36.8 Å². The van der Waals surface area contributed by atoms with Gasteiger partial charge in [-0.1, -0.05) is 24.3 Å². The number of fused-ring (bicyclic) bond motifs is 3. The summed E-state index contributed by atoms with van der Waals surface area (Å²) in [6.45, 7) is 2.07. The van der Waals surface area contributed by atoms with Crippen LogP contribution in [0.4, 0.5) is 11.5 Å². The van der Waals surface area contributed by atoms with Gasteiger partial charge in [-0.3, -0.25) is 4.40 Å². The van der Waals surface area contributed by atoms with Crippen LogP contribution < -0.4 is 5.32 Å². The van der Waals surface area contributed by atoms with Crippen molar-refractivity contribution in [2.24, 2.45) is 0 Å². The summed E-state index contributed by atoms with van der Waals surface area (Å²) in [5.74, 6) is 0.768. The molecule has 0 amide bonds. The first-order valence-corrected chi connectivity index (χ1v) is 6.87. The van der Waals surface area contributed by atoms with E-state index in [0.29, 0.717) is 0 Å². The molecule has 0 spiro atoms. The molecule has 0 radical (unpaired) electrons. The molecule has 21 heavy (non-hydrogen) atoms. The number of aryl methyl sites for hydroxylation is 1. The van der Waals surface area contributed by atoms with Crippen LogP contribution in [0, 0.1) is 6.92 Å². The maximum Gasteiger partial charge on any atom is 0.180 e. The highest BCUT2D eigenvalue weighted by Gasteiger charge is 2.09. The Morgan fingerprint density at radius 1 is 1.05 bits per heavy atom. The molecule has 0 aliphatic heterocycles. The maximum atomic E-state index is 4.71. The standard InChI is InChI=1S/C17H14N4/c1-12-5-4-6-13(11-12)19-16-17-18-9-10-21(17)15-8-3-2-7-14(15)20-16/h2-11H,1H3,(H,19,20). The largest absolute Gasteiger partial charge is 0.337 e. The van der Waals surface area contributed by atoms with Gasteiger partial charge < -0.3 is 5.32 Å². The van der Waals surface area contributed by atoms with E-state index in [4.69, 9.17) is 4.98 Å². The first-order chi connectivity index (χ1) is 10.3. The van der Waals surface area contributed by atoms with E-state index in [1.807, 2.05) is 42.6 Å². The molecular formula is C17H14N4. The lowest BCUT2D eigenvalue weighted by Gasteiger charge is -2.10. The predicted molar refractivity (Wildman–Crippen MR) is 85.0 cm³/mol. The second kappa shape index (κ2) is 4.59. The topological polar surface area (TPSA) is 42.2 Å². The molecule has 4 heteroatoms. The van der Waals surface area contributed by atoms with Crippen LogP contribution in [0.15, 0.2) is 60.9 Å². The first-order valence-electron chi connectivity index (χ1n) is 6.87. The minimum atomic E-state index is 0.768. The van der Waals surface area contributed by atoms with Crippen molar-refractivity contribution in [1.82, 2.24) is 14.4 Å². The van der Waals surface area contributed by atoms with Gasteiger partial charge in [0.1, 0.15) is 0 Å². The number of imidazole rings is 1. The summed E-state index contributed by atoms with van der Waals surface area (Å²) >= 11 is 0. The van der Waals surface area contributed by atoms with Gasteiger partial charge in [-0.2, -0.15) is 0 Å². The number of para-hydroxylation sites is 2. The Balaban J connectivity index is 1.92. The molecule has 0 atom stereocenters. The Kier molecular flexibility index (Phi) is 2.60. The quantitative estimate of drug-likeness (QED) is 0.602. The van der Waals surface area contributed by atoms with Gasteiger partial charge in [0.05, 0.1) is 11.0 Å². The van der Waals surface area contributed by atoms with Gasteiger partial charge >= 0.3 is 0 Å². The fourth-order valence-electron chi connectivity index (χ4n) is 2.55. The molecule has 2 aromatic carbocycles. The van der Waals surface area contributed by atoms with Crippen LogP contribution in [0.5, 0.6) is 0 Å². The minimum Gasteiger partial charge on any atom is -0.337 e. The molecule has 0 saturated carbocycles.